The van der Waals surface area contributed by atoms with Gasteiger partial charge < -0.3 is 0 Å². The first kappa shape index (κ1) is 24.8. The Balaban J connectivity index is 0.000000364. The zero-order valence-corrected chi connectivity index (χ0v) is 18.4. The maximum atomic E-state index is 10.1. The second kappa shape index (κ2) is 14.9. The summed E-state index contributed by atoms with van der Waals surface area (Å²) in [5, 5.41) is 10.1. The Bertz CT molecular complexity index is 740. The molecule has 3 nitrogen and oxygen atoms in total. The summed E-state index contributed by atoms with van der Waals surface area (Å²) in [6, 6.07) is 24.9. The largest absolute Gasteiger partial charge is 0.269 e. The summed E-state index contributed by atoms with van der Waals surface area (Å²) in [6.45, 7) is 6.05. The Labute approximate surface area is 175 Å². The molecule has 0 aliphatic rings. The van der Waals surface area contributed by atoms with Crippen LogP contribution in [-0.4, -0.2) is 11.3 Å². The number of halogens is 2. The number of aryl methyl sites for hydroxylation is 3. The number of hydrogen-bond donors (Lipinski definition) is 0. The maximum Gasteiger partial charge on any atom is 0.269 e. The highest BCUT2D eigenvalue weighted by atomic mass is 79.9. The minimum Gasteiger partial charge on any atom is -0.258 e. The van der Waals surface area contributed by atoms with Gasteiger partial charge in [0.05, 0.1) is 4.92 Å². The fraction of sp³-hybridized carbons (Fsp3) is 0.182. The van der Waals surface area contributed by atoms with Crippen LogP contribution < -0.4 is 0 Å². The molecular formula is C22H25BrClNO2. The normalized spacial score (nSPS) is 8.67. The van der Waals surface area contributed by atoms with E-state index in [1.165, 1.54) is 29.6 Å². The topological polar surface area (TPSA) is 43.1 Å². The Hall–Kier alpha value is -2.17. The van der Waals surface area contributed by atoms with E-state index >= 15 is 0 Å². The van der Waals surface area contributed by atoms with Crippen molar-refractivity contribution in [3.8, 4) is 0 Å². The average molecular weight is 451 g/mol. The van der Waals surface area contributed by atoms with Gasteiger partial charge in [-0.15, -0.1) is 11.6 Å². The molecule has 3 rings (SSSR count). The van der Waals surface area contributed by atoms with E-state index in [2.05, 4.69) is 65.6 Å². The fourth-order valence-corrected chi connectivity index (χ4v) is 2.00. The lowest BCUT2D eigenvalue weighted by Gasteiger charge is -1.90. The van der Waals surface area contributed by atoms with Crippen molar-refractivity contribution in [3.05, 3.63) is 110 Å². The summed E-state index contributed by atoms with van der Waals surface area (Å²) >= 11 is 7.98. The molecule has 144 valence electrons. The third-order valence-electron chi connectivity index (χ3n) is 3.20. The van der Waals surface area contributed by atoms with Crippen molar-refractivity contribution < 1.29 is 4.92 Å². The summed E-state index contributed by atoms with van der Waals surface area (Å²) in [5.41, 5.74) is 3.80. The first-order valence-electron chi connectivity index (χ1n) is 8.21. The van der Waals surface area contributed by atoms with Crippen molar-refractivity contribution in [2.24, 2.45) is 0 Å². The van der Waals surface area contributed by atoms with E-state index in [0.717, 1.165) is 10.0 Å². The average Bonchev–Trinajstić information content (AvgIpc) is 2.68. The van der Waals surface area contributed by atoms with Crippen LogP contribution in [0.15, 0.2) is 83.3 Å². The molecule has 0 saturated heterocycles. The van der Waals surface area contributed by atoms with Crippen LogP contribution in [-0.2, 0) is 0 Å². The third kappa shape index (κ3) is 12.8. The van der Waals surface area contributed by atoms with E-state index in [1.54, 1.807) is 12.1 Å². The quantitative estimate of drug-likeness (QED) is 0.219. The molecular weight excluding hydrogens is 426 g/mol. The molecule has 0 amide bonds. The summed E-state index contributed by atoms with van der Waals surface area (Å²) in [7, 11) is 0. The van der Waals surface area contributed by atoms with Gasteiger partial charge in [0.1, 0.15) is 0 Å². The molecule has 3 aromatic carbocycles. The van der Waals surface area contributed by atoms with Gasteiger partial charge >= 0.3 is 0 Å². The number of nitrogens with zero attached hydrogens (tertiary/aromatic N) is 1. The van der Waals surface area contributed by atoms with E-state index in [1.807, 2.05) is 37.3 Å². The molecule has 0 unspecified atom stereocenters. The van der Waals surface area contributed by atoms with Gasteiger partial charge in [-0.3, -0.25) is 10.1 Å². The van der Waals surface area contributed by atoms with Gasteiger partial charge in [0.25, 0.3) is 5.69 Å². The zero-order chi connectivity index (χ0) is 20.7. The molecule has 0 spiro atoms. The van der Waals surface area contributed by atoms with E-state index in [4.69, 9.17) is 0 Å². The fourth-order valence-electron chi connectivity index (χ4n) is 1.73. The highest BCUT2D eigenvalue weighted by molar-refractivity contribution is 9.10. The van der Waals surface area contributed by atoms with Crippen LogP contribution in [0.25, 0.3) is 0 Å². The van der Waals surface area contributed by atoms with Crippen LogP contribution >= 0.6 is 27.5 Å². The van der Waals surface area contributed by atoms with Crippen molar-refractivity contribution in [1.82, 2.24) is 0 Å². The van der Waals surface area contributed by atoms with Gasteiger partial charge in [0.15, 0.2) is 0 Å². The van der Waals surface area contributed by atoms with Crippen LogP contribution in [0.4, 0.5) is 5.69 Å². The monoisotopic (exact) mass is 449 g/mol. The van der Waals surface area contributed by atoms with Crippen molar-refractivity contribution in [2.45, 2.75) is 20.8 Å². The summed E-state index contributed by atoms with van der Waals surface area (Å²) in [5.74, 6) is 0. The number of alkyl halides is 1. The number of benzene rings is 3. The van der Waals surface area contributed by atoms with Crippen LogP contribution in [0.3, 0.4) is 0 Å². The minimum absolute atomic E-state index is 0.144. The van der Waals surface area contributed by atoms with Gasteiger partial charge in [-0.25, -0.2) is 0 Å². The van der Waals surface area contributed by atoms with E-state index < -0.39 is 4.92 Å². The Morgan fingerprint density at radius 3 is 1.37 bits per heavy atom. The van der Waals surface area contributed by atoms with Gasteiger partial charge in [-0.1, -0.05) is 87.2 Å². The SMILES string of the molecule is CCl.Cc1ccc(Br)cc1.Cc1ccc([N+](=O)[O-])cc1.Cc1ccccc1. The van der Waals surface area contributed by atoms with Crippen LogP contribution in [0.2, 0.25) is 0 Å². The molecule has 0 atom stereocenters. The third-order valence-corrected chi connectivity index (χ3v) is 3.72. The molecule has 0 fully saturated rings. The van der Waals surface area contributed by atoms with Gasteiger partial charge in [-0.05, 0) is 32.9 Å². The van der Waals surface area contributed by atoms with E-state index in [0.29, 0.717) is 0 Å². The summed E-state index contributed by atoms with van der Waals surface area (Å²) in [6.07, 6.45) is 1.47. The first-order chi connectivity index (χ1) is 12.9. The van der Waals surface area contributed by atoms with Gasteiger partial charge in [0.2, 0.25) is 0 Å². The molecule has 0 aromatic heterocycles. The highest BCUT2D eigenvalue weighted by Gasteiger charge is 2.00. The first-order valence-corrected chi connectivity index (χ1v) is 9.76. The lowest BCUT2D eigenvalue weighted by Crippen LogP contribution is -1.86. The zero-order valence-electron chi connectivity index (χ0n) is 16.0. The van der Waals surface area contributed by atoms with Crippen molar-refractivity contribution in [2.75, 3.05) is 6.38 Å². The van der Waals surface area contributed by atoms with Crippen LogP contribution in [0.5, 0.6) is 0 Å². The van der Waals surface area contributed by atoms with Gasteiger partial charge in [-0.2, -0.15) is 0 Å². The smallest absolute Gasteiger partial charge is 0.258 e. The second-order valence-electron chi connectivity index (χ2n) is 5.54. The van der Waals surface area contributed by atoms with Gasteiger partial charge in [0, 0.05) is 23.0 Å². The molecule has 5 heteroatoms. The predicted molar refractivity (Wildman–Crippen MR) is 120 cm³/mol. The molecule has 0 N–H and O–H groups in total. The number of rotatable bonds is 1. The molecule has 3 aromatic rings. The number of nitro groups is 1. The van der Waals surface area contributed by atoms with Crippen molar-refractivity contribution >= 4 is 33.2 Å². The standard InChI is InChI=1S/C7H7Br.C7H7NO2.C7H8.CH3Cl/c1-6-2-4-7(8)5-3-6;1-6-2-4-7(5-3-6)8(9)10;1-7-5-3-2-4-6-7;1-2/h2-5H,1H3;2-5H,1H3;2-6H,1H3;1H3. The summed E-state index contributed by atoms with van der Waals surface area (Å²) in [4.78, 5) is 9.71. The molecule has 0 aliphatic carbocycles. The van der Waals surface area contributed by atoms with Crippen molar-refractivity contribution in [1.29, 1.82) is 0 Å². The van der Waals surface area contributed by atoms with Crippen LogP contribution in [0.1, 0.15) is 16.7 Å². The highest BCUT2D eigenvalue weighted by Crippen LogP contribution is 2.10. The molecule has 0 aliphatic heterocycles. The Kier molecular flexibility index (Phi) is 13.7. The Morgan fingerprint density at radius 2 is 1.07 bits per heavy atom. The lowest BCUT2D eigenvalue weighted by molar-refractivity contribution is -0.384. The van der Waals surface area contributed by atoms with Crippen molar-refractivity contribution in [3.63, 3.8) is 0 Å². The second-order valence-corrected chi connectivity index (χ2v) is 6.46. The number of nitro benzene ring substituents is 1. The Morgan fingerprint density at radius 1 is 0.704 bits per heavy atom. The minimum atomic E-state index is -0.403. The summed E-state index contributed by atoms with van der Waals surface area (Å²) < 4.78 is 1.14. The number of non-ortho nitro benzene ring substituents is 1. The molecule has 0 heterocycles. The number of hydrogen-bond acceptors (Lipinski definition) is 2. The molecule has 27 heavy (non-hydrogen) atoms. The molecule has 0 saturated carbocycles. The molecule has 0 radical (unpaired) electrons. The molecule has 0 bridgehead atoms. The predicted octanol–water partition coefficient (Wildman–Crippen LogP) is 7.51. The van der Waals surface area contributed by atoms with E-state index in [-0.39, 0.29) is 5.69 Å². The van der Waals surface area contributed by atoms with Crippen LogP contribution in [0, 0.1) is 30.9 Å². The van der Waals surface area contributed by atoms with E-state index in [9.17, 15) is 10.1 Å². The maximum absolute atomic E-state index is 10.1. The lowest BCUT2D eigenvalue weighted by atomic mass is 10.2.